The first kappa shape index (κ1) is 10.0. The Bertz CT molecular complexity index is 174. The van der Waals surface area contributed by atoms with Crippen molar-refractivity contribution < 1.29 is 9.50 Å². The van der Waals surface area contributed by atoms with E-state index in [2.05, 4.69) is 5.32 Å². The maximum Gasteiger partial charge on any atom is 0.143 e. The predicted molar refractivity (Wildman–Crippen MR) is 50.0 cm³/mol. The van der Waals surface area contributed by atoms with Crippen LogP contribution in [0.4, 0.5) is 4.39 Å². The normalized spacial score (nSPS) is 22.1. The zero-order valence-electron chi connectivity index (χ0n) is 7.09. The first-order chi connectivity index (χ1) is 5.75. The molecule has 70 valence electrons. The van der Waals surface area contributed by atoms with Gasteiger partial charge in [-0.2, -0.15) is 0 Å². The zero-order chi connectivity index (χ0) is 8.97. The lowest BCUT2D eigenvalue weighted by Gasteiger charge is -2.15. The minimum Gasteiger partial charge on any atom is -0.385 e. The van der Waals surface area contributed by atoms with Gasteiger partial charge in [0.2, 0.25) is 0 Å². The van der Waals surface area contributed by atoms with Gasteiger partial charge in [-0.15, -0.1) is 11.8 Å². The Kier molecular flexibility index (Phi) is 4.05. The van der Waals surface area contributed by atoms with Gasteiger partial charge in [0, 0.05) is 17.2 Å². The number of nitrogens with one attached hydrogen (secondary N) is 1. The smallest absolute Gasteiger partial charge is 0.143 e. The van der Waals surface area contributed by atoms with Gasteiger partial charge in [-0.1, -0.05) is 6.08 Å². The molecule has 2 nitrogen and oxygen atoms in total. The monoisotopic (exact) mass is 191 g/mol. The zero-order valence-corrected chi connectivity index (χ0v) is 7.90. The second-order valence-electron chi connectivity index (χ2n) is 2.76. The molecule has 2 unspecified atom stereocenters. The van der Waals surface area contributed by atoms with E-state index >= 15 is 0 Å². The molecule has 0 aromatic heterocycles. The fraction of sp³-hybridized carbons (Fsp3) is 0.750. The van der Waals surface area contributed by atoms with Gasteiger partial charge in [0.05, 0.1) is 0 Å². The number of aliphatic hydroxyl groups excluding tert-OH is 1. The molecule has 12 heavy (non-hydrogen) atoms. The third-order valence-corrected chi connectivity index (χ3v) is 2.95. The summed E-state index contributed by atoms with van der Waals surface area (Å²) in [5.74, 6) is 0.971. The van der Waals surface area contributed by atoms with Crippen molar-refractivity contribution in [2.45, 2.75) is 18.7 Å². The van der Waals surface area contributed by atoms with E-state index in [4.69, 9.17) is 0 Å². The van der Waals surface area contributed by atoms with Crippen LogP contribution in [0.25, 0.3) is 0 Å². The summed E-state index contributed by atoms with van der Waals surface area (Å²) < 4.78 is 13.1. The van der Waals surface area contributed by atoms with Crippen molar-refractivity contribution in [2.24, 2.45) is 0 Å². The molecule has 0 saturated carbocycles. The predicted octanol–water partition coefficient (Wildman–Crippen LogP) is 0.926. The molecular formula is C8H14FNOS. The van der Waals surface area contributed by atoms with Gasteiger partial charge in [-0.3, -0.25) is 0 Å². The van der Waals surface area contributed by atoms with Crippen molar-refractivity contribution >= 4 is 11.8 Å². The summed E-state index contributed by atoms with van der Waals surface area (Å²) in [5.41, 5.74) is 0. The molecule has 1 rings (SSSR count). The van der Waals surface area contributed by atoms with E-state index in [-0.39, 0.29) is 6.54 Å². The molecular weight excluding hydrogens is 177 g/mol. The van der Waals surface area contributed by atoms with Crippen molar-refractivity contribution in [2.75, 3.05) is 19.3 Å². The molecule has 0 bridgehead atoms. The maximum atomic E-state index is 13.1. The van der Waals surface area contributed by atoms with E-state index in [1.54, 1.807) is 18.8 Å². The highest BCUT2D eigenvalue weighted by Crippen LogP contribution is 2.29. The summed E-state index contributed by atoms with van der Waals surface area (Å²) in [7, 11) is 1.68. The molecule has 1 aliphatic heterocycles. The van der Waals surface area contributed by atoms with E-state index in [1.165, 1.54) is 0 Å². The van der Waals surface area contributed by atoms with Crippen LogP contribution in [-0.2, 0) is 0 Å². The van der Waals surface area contributed by atoms with Gasteiger partial charge in [-0.05, 0) is 13.5 Å². The first-order valence-electron chi connectivity index (χ1n) is 4.05. The number of hydrogen-bond acceptors (Lipinski definition) is 3. The van der Waals surface area contributed by atoms with Crippen LogP contribution in [0.15, 0.2) is 11.0 Å². The van der Waals surface area contributed by atoms with Crippen LogP contribution in [-0.4, -0.2) is 36.7 Å². The topological polar surface area (TPSA) is 32.3 Å². The van der Waals surface area contributed by atoms with Crippen LogP contribution in [0.2, 0.25) is 0 Å². The van der Waals surface area contributed by atoms with Crippen molar-refractivity contribution in [1.82, 2.24) is 5.32 Å². The third kappa shape index (κ3) is 2.47. The van der Waals surface area contributed by atoms with Crippen molar-refractivity contribution in [3.05, 3.63) is 11.0 Å². The highest BCUT2D eigenvalue weighted by atomic mass is 32.2. The van der Waals surface area contributed by atoms with Crippen molar-refractivity contribution in [1.29, 1.82) is 0 Å². The largest absolute Gasteiger partial charge is 0.385 e. The number of thioether (sulfide) groups is 1. The molecule has 0 saturated heterocycles. The van der Waals surface area contributed by atoms with Gasteiger partial charge in [0.15, 0.2) is 0 Å². The standard InChI is InChI=1S/C8H14FNOS/c1-10-5-6(9)8(11)7-3-2-4-12-7/h3,6,8,10-11H,2,4-5H2,1H3. The average Bonchev–Trinajstić information content (AvgIpc) is 2.55. The van der Waals surface area contributed by atoms with Crippen LogP contribution >= 0.6 is 11.8 Å². The minimum absolute atomic E-state index is 0.207. The molecule has 0 aliphatic carbocycles. The molecule has 0 fully saturated rings. The molecule has 0 spiro atoms. The number of hydrogen-bond donors (Lipinski definition) is 2. The average molecular weight is 191 g/mol. The molecule has 4 heteroatoms. The Morgan fingerprint density at radius 1 is 1.83 bits per heavy atom. The van der Waals surface area contributed by atoms with Gasteiger partial charge in [0.1, 0.15) is 12.3 Å². The van der Waals surface area contributed by atoms with E-state index in [0.717, 1.165) is 17.1 Å². The Labute approximate surface area is 76.2 Å². The Hall–Kier alpha value is -0.0600. The van der Waals surface area contributed by atoms with Crippen LogP contribution in [0, 0.1) is 0 Å². The Balaban J connectivity index is 2.39. The first-order valence-corrected chi connectivity index (χ1v) is 5.04. The van der Waals surface area contributed by atoms with Gasteiger partial charge < -0.3 is 10.4 Å². The molecule has 0 radical (unpaired) electrons. The molecule has 1 heterocycles. The second-order valence-corrected chi connectivity index (χ2v) is 3.93. The molecule has 2 N–H and O–H groups in total. The van der Waals surface area contributed by atoms with Crippen LogP contribution in [0.3, 0.4) is 0 Å². The van der Waals surface area contributed by atoms with Gasteiger partial charge >= 0.3 is 0 Å². The number of allylic oxidation sites excluding steroid dienone is 1. The lowest BCUT2D eigenvalue weighted by molar-refractivity contribution is 0.113. The van der Waals surface area contributed by atoms with E-state index < -0.39 is 12.3 Å². The summed E-state index contributed by atoms with van der Waals surface area (Å²) in [5, 5.41) is 12.1. The fourth-order valence-electron chi connectivity index (χ4n) is 1.13. The number of rotatable bonds is 4. The van der Waals surface area contributed by atoms with Crippen LogP contribution in [0.1, 0.15) is 6.42 Å². The molecule has 0 aromatic carbocycles. The lowest BCUT2D eigenvalue weighted by Crippen LogP contribution is -2.31. The molecule has 0 aromatic rings. The summed E-state index contributed by atoms with van der Waals surface area (Å²) in [4.78, 5) is 0.790. The molecule has 2 atom stereocenters. The second kappa shape index (κ2) is 4.84. The lowest BCUT2D eigenvalue weighted by atomic mass is 10.2. The van der Waals surface area contributed by atoms with Gasteiger partial charge in [-0.25, -0.2) is 4.39 Å². The summed E-state index contributed by atoms with van der Waals surface area (Å²) in [6.45, 7) is 0.207. The maximum absolute atomic E-state index is 13.1. The molecule has 1 aliphatic rings. The Morgan fingerprint density at radius 2 is 2.58 bits per heavy atom. The fourth-order valence-corrected chi connectivity index (χ4v) is 2.15. The van der Waals surface area contributed by atoms with Crippen LogP contribution in [0.5, 0.6) is 0 Å². The van der Waals surface area contributed by atoms with Crippen LogP contribution < -0.4 is 5.32 Å². The Morgan fingerprint density at radius 3 is 3.08 bits per heavy atom. The summed E-state index contributed by atoms with van der Waals surface area (Å²) >= 11 is 1.55. The highest BCUT2D eigenvalue weighted by Gasteiger charge is 2.23. The summed E-state index contributed by atoms with van der Waals surface area (Å²) in [6, 6.07) is 0. The SMILES string of the molecule is CNCC(F)C(O)C1=CCCS1. The molecule has 0 amide bonds. The van der Waals surface area contributed by atoms with Crippen molar-refractivity contribution in [3.8, 4) is 0 Å². The van der Waals surface area contributed by atoms with E-state index in [0.29, 0.717) is 0 Å². The van der Waals surface area contributed by atoms with Crippen molar-refractivity contribution in [3.63, 3.8) is 0 Å². The number of halogens is 1. The highest BCUT2D eigenvalue weighted by molar-refractivity contribution is 8.03. The third-order valence-electron chi connectivity index (χ3n) is 1.77. The van der Waals surface area contributed by atoms with Gasteiger partial charge in [0.25, 0.3) is 0 Å². The quantitative estimate of drug-likeness (QED) is 0.693. The minimum atomic E-state index is -1.19. The number of alkyl halides is 1. The number of aliphatic hydroxyl groups is 1. The van der Waals surface area contributed by atoms with E-state index in [1.807, 2.05) is 6.08 Å². The van der Waals surface area contributed by atoms with E-state index in [9.17, 15) is 9.50 Å². The summed E-state index contributed by atoms with van der Waals surface area (Å²) in [6.07, 6.45) is 0.748.